The third-order valence-electron chi connectivity index (χ3n) is 2.85. The number of ether oxygens (including phenoxy) is 1. The zero-order valence-electron chi connectivity index (χ0n) is 11.5. The van der Waals surface area contributed by atoms with Crippen molar-refractivity contribution in [2.75, 3.05) is 18.2 Å². The van der Waals surface area contributed by atoms with Crippen LogP contribution in [-0.2, 0) is 6.54 Å². The molecule has 0 aliphatic carbocycles. The Morgan fingerprint density at radius 2 is 2.10 bits per heavy atom. The maximum absolute atomic E-state index is 11.8. The lowest BCUT2D eigenvalue weighted by Crippen LogP contribution is -2.28. The fourth-order valence-electron chi connectivity index (χ4n) is 1.74. The van der Waals surface area contributed by atoms with Crippen LogP contribution in [0.5, 0.6) is 5.75 Å². The van der Waals surface area contributed by atoms with E-state index >= 15 is 0 Å². The summed E-state index contributed by atoms with van der Waals surface area (Å²) >= 11 is 5.89. The van der Waals surface area contributed by atoms with Gasteiger partial charge in [0.05, 0.1) is 17.8 Å². The predicted octanol–water partition coefficient (Wildman–Crippen LogP) is 3.25. The Kier molecular flexibility index (Phi) is 4.90. The average molecular weight is 306 g/mol. The van der Waals surface area contributed by atoms with Crippen molar-refractivity contribution in [1.82, 2.24) is 5.32 Å². The van der Waals surface area contributed by atoms with E-state index in [1.54, 1.807) is 25.3 Å². The second-order valence-electron chi connectivity index (χ2n) is 4.40. The number of hydrogen-bond acceptors (Lipinski definition) is 3. The molecule has 0 aliphatic rings. The summed E-state index contributed by atoms with van der Waals surface area (Å²) < 4.78 is 5.13. The Hall–Kier alpha value is -2.40. The van der Waals surface area contributed by atoms with Gasteiger partial charge in [-0.25, -0.2) is 4.79 Å². The Morgan fingerprint density at radius 1 is 1.29 bits per heavy atom. The van der Waals surface area contributed by atoms with E-state index in [2.05, 4.69) is 10.6 Å². The van der Waals surface area contributed by atoms with Gasteiger partial charge in [-0.15, -0.1) is 0 Å². The molecule has 0 saturated heterocycles. The standard InChI is InChI=1S/C15H16ClN3O2/c1-21-12-4-2-3-10(7-12)9-18-15(20)19-11-5-6-14(17)13(16)8-11/h2-8H,9,17H2,1H3,(H2,18,19,20). The van der Waals surface area contributed by atoms with E-state index in [1.165, 1.54) is 0 Å². The molecule has 2 rings (SSSR count). The van der Waals surface area contributed by atoms with Crippen LogP contribution in [0.25, 0.3) is 0 Å². The van der Waals surface area contributed by atoms with Crippen molar-refractivity contribution in [3.63, 3.8) is 0 Å². The van der Waals surface area contributed by atoms with E-state index in [4.69, 9.17) is 22.1 Å². The third-order valence-corrected chi connectivity index (χ3v) is 3.17. The van der Waals surface area contributed by atoms with Crippen molar-refractivity contribution in [3.05, 3.63) is 53.1 Å². The zero-order chi connectivity index (χ0) is 15.2. The highest BCUT2D eigenvalue weighted by atomic mass is 35.5. The number of nitrogens with two attached hydrogens (primary N) is 1. The number of hydrogen-bond donors (Lipinski definition) is 3. The number of halogens is 1. The number of rotatable bonds is 4. The third kappa shape index (κ3) is 4.29. The highest BCUT2D eigenvalue weighted by Gasteiger charge is 2.04. The van der Waals surface area contributed by atoms with Crippen molar-refractivity contribution >= 4 is 29.0 Å². The van der Waals surface area contributed by atoms with E-state index in [0.29, 0.717) is 22.9 Å². The normalized spacial score (nSPS) is 10.0. The Morgan fingerprint density at radius 3 is 2.81 bits per heavy atom. The first kappa shape index (κ1) is 15.0. The van der Waals surface area contributed by atoms with Crippen LogP contribution in [-0.4, -0.2) is 13.1 Å². The summed E-state index contributed by atoms with van der Waals surface area (Å²) in [6.07, 6.45) is 0. The number of carbonyl (C=O) groups is 1. The molecule has 0 radical (unpaired) electrons. The van der Waals surface area contributed by atoms with Crippen LogP contribution in [0.2, 0.25) is 5.02 Å². The van der Waals surface area contributed by atoms with Crippen LogP contribution in [0.1, 0.15) is 5.56 Å². The zero-order valence-corrected chi connectivity index (χ0v) is 12.3. The summed E-state index contributed by atoms with van der Waals surface area (Å²) in [5.41, 5.74) is 7.61. The van der Waals surface area contributed by atoms with Crippen LogP contribution in [0, 0.1) is 0 Å². The smallest absolute Gasteiger partial charge is 0.319 e. The molecule has 0 unspecified atom stereocenters. The van der Waals surface area contributed by atoms with E-state index in [-0.39, 0.29) is 6.03 Å². The minimum Gasteiger partial charge on any atom is -0.497 e. The first-order valence-corrected chi connectivity index (χ1v) is 6.69. The molecule has 6 heteroatoms. The van der Waals surface area contributed by atoms with Gasteiger partial charge in [-0.3, -0.25) is 0 Å². The molecule has 2 aromatic carbocycles. The first-order chi connectivity index (χ1) is 10.1. The van der Waals surface area contributed by atoms with Gasteiger partial charge in [-0.05, 0) is 35.9 Å². The molecule has 5 nitrogen and oxygen atoms in total. The monoisotopic (exact) mass is 305 g/mol. The highest BCUT2D eigenvalue weighted by Crippen LogP contribution is 2.22. The lowest BCUT2D eigenvalue weighted by molar-refractivity contribution is 0.251. The van der Waals surface area contributed by atoms with Gasteiger partial charge < -0.3 is 21.1 Å². The molecule has 21 heavy (non-hydrogen) atoms. The molecule has 0 spiro atoms. The minimum absolute atomic E-state index is 0.321. The van der Waals surface area contributed by atoms with E-state index in [9.17, 15) is 4.79 Å². The summed E-state index contributed by atoms with van der Waals surface area (Å²) in [5, 5.41) is 5.84. The van der Waals surface area contributed by atoms with Crippen molar-refractivity contribution in [1.29, 1.82) is 0 Å². The number of urea groups is 1. The molecule has 0 bridgehead atoms. The van der Waals surface area contributed by atoms with Crippen molar-refractivity contribution in [3.8, 4) is 5.75 Å². The molecular formula is C15H16ClN3O2. The van der Waals surface area contributed by atoms with Gasteiger partial charge in [0.15, 0.2) is 0 Å². The quantitative estimate of drug-likeness (QED) is 0.759. The molecule has 0 saturated carbocycles. The number of nitrogen functional groups attached to an aromatic ring is 1. The molecule has 2 aromatic rings. The van der Waals surface area contributed by atoms with Crippen molar-refractivity contribution in [2.45, 2.75) is 6.54 Å². The van der Waals surface area contributed by atoms with Gasteiger partial charge >= 0.3 is 6.03 Å². The molecule has 0 aliphatic heterocycles. The van der Waals surface area contributed by atoms with E-state index in [1.807, 2.05) is 24.3 Å². The van der Waals surface area contributed by atoms with Gasteiger partial charge in [0, 0.05) is 12.2 Å². The number of anilines is 2. The number of methoxy groups -OCH3 is 1. The van der Waals surface area contributed by atoms with Crippen LogP contribution < -0.4 is 21.1 Å². The lowest BCUT2D eigenvalue weighted by atomic mass is 10.2. The molecule has 4 N–H and O–H groups in total. The second kappa shape index (κ2) is 6.85. The fraction of sp³-hybridized carbons (Fsp3) is 0.133. The van der Waals surface area contributed by atoms with Gasteiger partial charge in [0.25, 0.3) is 0 Å². The molecule has 0 aromatic heterocycles. The van der Waals surface area contributed by atoms with E-state index < -0.39 is 0 Å². The number of benzene rings is 2. The van der Waals surface area contributed by atoms with Crippen LogP contribution in [0.4, 0.5) is 16.2 Å². The maximum Gasteiger partial charge on any atom is 0.319 e. The summed E-state index contributed by atoms with van der Waals surface area (Å²) in [6, 6.07) is 12.1. The van der Waals surface area contributed by atoms with Gasteiger partial charge in [0.1, 0.15) is 5.75 Å². The summed E-state index contributed by atoms with van der Waals surface area (Å²) in [4.78, 5) is 11.8. The topological polar surface area (TPSA) is 76.4 Å². The maximum atomic E-state index is 11.8. The molecule has 110 valence electrons. The van der Waals surface area contributed by atoms with Crippen LogP contribution >= 0.6 is 11.6 Å². The van der Waals surface area contributed by atoms with Gasteiger partial charge in [0.2, 0.25) is 0 Å². The Bertz CT molecular complexity index is 647. The Labute approximate surface area is 128 Å². The largest absolute Gasteiger partial charge is 0.497 e. The minimum atomic E-state index is -0.321. The number of nitrogens with one attached hydrogen (secondary N) is 2. The van der Waals surface area contributed by atoms with Gasteiger partial charge in [-0.2, -0.15) is 0 Å². The number of carbonyl (C=O) groups excluding carboxylic acids is 1. The molecule has 0 fully saturated rings. The second-order valence-corrected chi connectivity index (χ2v) is 4.80. The van der Waals surface area contributed by atoms with Crippen LogP contribution in [0.3, 0.4) is 0 Å². The molecule has 2 amide bonds. The first-order valence-electron chi connectivity index (χ1n) is 6.31. The van der Waals surface area contributed by atoms with Crippen LogP contribution in [0.15, 0.2) is 42.5 Å². The predicted molar refractivity (Wildman–Crippen MR) is 84.7 cm³/mol. The Balaban J connectivity index is 1.91. The van der Waals surface area contributed by atoms with Crippen molar-refractivity contribution < 1.29 is 9.53 Å². The SMILES string of the molecule is COc1cccc(CNC(=O)Nc2ccc(N)c(Cl)c2)c1. The molecule has 0 heterocycles. The highest BCUT2D eigenvalue weighted by molar-refractivity contribution is 6.33. The fourth-order valence-corrected chi connectivity index (χ4v) is 1.93. The summed E-state index contributed by atoms with van der Waals surface area (Å²) in [5.74, 6) is 0.750. The summed E-state index contributed by atoms with van der Waals surface area (Å²) in [6.45, 7) is 0.395. The summed E-state index contributed by atoms with van der Waals surface area (Å²) in [7, 11) is 1.60. The lowest BCUT2D eigenvalue weighted by Gasteiger charge is -2.09. The van der Waals surface area contributed by atoms with Crippen molar-refractivity contribution in [2.24, 2.45) is 0 Å². The van der Waals surface area contributed by atoms with E-state index in [0.717, 1.165) is 11.3 Å². The van der Waals surface area contributed by atoms with Gasteiger partial charge in [-0.1, -0.05) is 23.7 Å². The molecular weight excluding hydrogens is 290 g/mol. The average Bonchev–Trinajstić information content (AvgIpc) is 2.49. The molecule has 0 atom stereocenters. The number of amides is 2.